The predicted molar refractivity (Wildman–Crippen MR) is 25.6 cm³/mol. The fourth-order valence-electron chi connectivity index (χ4n) is 0. The molecule has 0 rings (SSSR count). The van der Waals surface area contributed by atoms with Gasteiger partial charge >= 0.3 is 41.9 Å². The summed E-state index contributed by atoms with van der Waals surface area (Å²) in [5, 5.41) is 0. The summed E-state index contributed by atoms with van der Waals surface area (Å²) in [6.45, 7) is 0. The van der Waals surface area contributed by atoms with E-state index in [-0.39, 0.29) is 116 Å². The summed E-state index contributed by atoms with van der Waals surface area (Å²) in [6, 6.07) is 0. The molecule has 0 heterocycles. The van der Waals surface area contributed by atoms with Gasteiger partial charge in [0.2, 0.25) is 0 Å². The molecule has 0 fully saturated rings. The number of hydrogen-bond donors (Lipinski definition) is 0. The van der Waals surface area contributed by atoms with Crippen LogP contribution in [0.25, 0.3) is 0 Å². The molecule has 0 nitrogen and oxygen atoms in total. The minimum absolute atomic E-state index is 0. The van der Waals surface area contributed by atoms with Crippen molar-refractivity contribution >= 4 is 59.3 Å². The number of rotatable bonds is 0. The van der Waals surface area contributed by atoms with E-state index >= 15 is 0 Å². The van der Waals surface area contributed by atoms with Crippen LogP contribution in [0.5, 0.6) is 0 Å². The second-order valence-electron chi connectivity index (χ2n) is 0. The van der Waals surface area contributed by atoms with Gasteiger partial charge in [0, 0.05) is 56.5 Å². The van der Waals surface area contributed by atoms with Crippen molar-refractivity contribution in [2.75, 3.05) is 0 Å². The van der Waals surface area contributed by atoms with Gasteiger partial charge in [0.1, 0.15) is 0 Å². The van der Waals surface area contributed by atoms with Crippen LogP contribution >= 0.6 is 0 Å². The van der Waals surface area contributed by atoms with Crippen LogP contribution < -0.4 is 0 Å². The van der Waals surface area contributed by atoms with Crippen LogP contribution in [0, 0.1) is 0 Å². The molecule has 3 radical (unpaired) electrons. The monoisotopic (exact) mass is 289 g/mol. The van der Waals surface area contributed by atoms with Gasteiger partial charge < -0.3 is 0 Å². The van der Waals surface area contributed by atoms with Crippen LogP contribution in [-0.2, 0) is 56.5 Å². The first-order valence-corrected chi connectivity index (χ1v) is 0. The van der Waals surface area contributed by atoms with Crippen molar-refractivity contribution in [2.45, 2.75) is 0 Å². The fraction of sp³-hybridized carbons (Fsp3) is 0. The van der Waals surface area contributed by atoms with Crippen molar-refractivity contribution in [1.82, 2.24) is 0 Å². The molecule has 0 atom stereocenters. The molecule has 0 aromatic carbocycles. The largest absolute Gasteiger partial charge is 0.316 e. The summed E-state index contributed by atoms with van der Waals surface area (Å²) in [6.07, 6.45) is 0. The summed E-state index contributed by atoms with van der Waals surface area (Å²) < 4.78 is 0. The first-order chi connectivity index (χ1) is 0. The molecular weight excluding hydrogens is 285 g/mol. The van der Waals surface area contributed by atoms with Crippen molar-refractivity contribution < 1.29 is 56.5 Å². The maximum atomic E-state index is 0. The summed E-state index contributed by atoms with van der Waals surface area (Å²) >= 11 is 0. The first-order valence-electron chi connectivity index (χ1n) is 0. The molecule has 0 aliphatic rings. The van der Waals surface area contributed by atoms with Crippen molar-refractivity contribution in [1.29, 1.82) is 0 Å². The Hall–Kier alpha value is 3.68. The second kappa shape index (κ2) is 37.8. The van der Waals surface area contributed by atoms with Crippen LogP contribution in [-0.4, -0.2) is 59.3 Å². The minimum atomic E-state index is 0. The minimum Gasteiger partial charge on any atom is 0 e. The van der Waals surface area contributed by atoms with Crippen molar-refractivity contribution in [3.63, 3.8) is 0 Å². The first kappa shape index (κ1) is 53.9. The van der Waals surface area contributed by atoms with E-state index in [0.717, 1.165) is 0 Å². The van der Waals surface area contributed by atoms with E-state index in [4.69, 9.17) is 0 Å². The molecule has 0 aliphatic heterocycles. The standard InChI is InChI=1S/Ag.Al.Cu.Li.Mg.Mn.6H. The molecule has 0 N–H and O–H groups in total. The van der Waals surface area contributed by atoms with E-state index in [2.05, 4.69) is 0 Å². The Bertz CT molecular complexity index is 15.5. The van der Waals surface area contributed by atoms with E-state index in [9.17, 15) is 0 Å². The molecule has 41 valence electrons. The predicted octanol–water partition coefficient (Wildman–Crippen LogP) is -2.76. The maximum Gasteiger partial charge on any atom is 0.316 e. The third-order valence-corrected chi connectivity index (χ3v) is 0. The van der Waals surface area contributed by atoms with Gasteiger partial charge in [-0.05, 0) is 0 Å². The van der Waals surface area contributed by atoms with Crippen LogP contribution in [0.2, 0.25) is 0 Å². The van der Waals surface area contributed by atoms with Gasteiger partial charge in [0.15, 0.2) is 17.4 Å². The zero-order valence-electron chi connectivity index (χ0n) is 0.981. The molecule has 6 heavy (non-hydrogen) atoms. The number of hydrogen-bond acceptors (Lipinski definition) is 0. The molecule has 0 unspecified atom stereocenters. The van der Waals surface area contributed by atoms with Crippen molar-refractivity contribution in [2.24, 2.45) is 0 Å². The molecule has 0 aromatic rings. The van der Waals surface area contributed by atoms with Crippen molar-refractivity contribution in [3.8, 4) is 0 Å². The molecule has 0 bridgehead atoms. The molecule has 0 aromatic heterocycles. The smallest absolute Gasteiger partial charge is 0 e. The van der Waals surface area contributed by atoms with Crippen LogP contribution in [0.15, 0.2) is 0 Å². The molecule has 0 spiro atoms. The topological polar surface area (TPSA) is 0 Å². The van der Waals surface area contributed by atoms with Crippen molar-refractivity contribution in [3.05, 3.63) is 0 Å². The van der Waals surface area contributed by atoms with Gasteiger partial charge in [-0.15, -0.1) is 0 Å². The van der Waals surface area contributed by atoms with Gasteiger partial charge in [-0.1, -0.05) is 0 Å². The molecule has 0 saturated heterocycles. The summed E-state index contributed by atoms with van der Waals surface area (Å²) in [4.78, 5) is 0. The van der Waals surface area contributed by atoms with Gasteiger partial charge in [0.25, 0.3) is 0 Å². The van der Waals surface area contributed by atoms with Gasteiger partial charge in [-0.3, -0.25) is 0 Å². The average molecular weight is 291 g/mol. The Balaban J connectivity index is 0. The third kappa shape index (κ3) is 25.3. The molecule has 0 aliphatic carbocycles. The van der Waals surface area contributed by atoms with E-state index in [0.29, 0.717) is 0 Å². The maximum absolute atomic E-state index is 0. The summed E-state index contributed by atoms with van der Waals surface area (Å²) in [5.41, 5.74) is 0. The van der Waals surface area contributed by atoms with Gasteiger partial charge in [0.05, 0.1) is 0 Å². The Morgan fingerprint density at radius 1 is 1.00 bits per heavy atom. The molecular formula is H6AgAlCuLiMgMn. The quantitative estimate of drug-likeness (QED) is 0.424. The van der Waals surface area contributed by atoms with E-state index < -0.39 is 0 Å². The second-order valence-corrected chi connectivity index (χ2v) is 0. The van der Waals surface area contributed by atoms with Crippen LogP contribution in [0.3, 0.4) is 0 Å². The Labute approximate surface area is 114 Å². The molecule has 0 saturated carbocycles. The molecule has 6 heteroatoms. The van der Waals surface area contributed by atoms with Gasteiger partial charge in [-0.2, -0.15) is 0 Å². The summed E-state index contributed by atoms with van der Waals surface area (Å²) in [5.74, 6) is 0. The zero-order chi connectivity index (χ0) is 0. The Morgan fingerprint density at radius 2 is 1.00 bits per heavy atom. The Kier molecular flexibility index (Phi) is 340. The summed E-state index contributed by atoms with van der Waals surface area (Å²) in [7, 11) is 0. The zero-order valence-corrected chi connectivity index (χ0v) is 4.59. The normalized spacial score (nSPS) is 0. The van der Waals surface area contributed by atoms with E-state index in [1.165, 1.54) is 0 Å². The SMILES string of the molecule is [Ag].[AlH3].[Cu].[LiH].[MgH2].[Mn]. The third-order valence-electron chi connectivity index (χ3n) is 0. The van der Waals surface area contributed by atoms with Crippen LogP contribution in [0.1, 0.15) is 0 Å². The Morgan fingerprint density at radius 3 is 1.00 bits per heavy atom. The fourth-order valence-corrected chi connectivity index (χ4v) is 0. The average Bonchev–Trinajstić information content (AvgIpc) is 0. The van der Waals surface area contributed by atoms with Crippen LogP contribution in [0.4, 0.5) is 0 Å². The van der Waals surface area contributed by atoms with E-state index in [1.54, 1.807) is 0 Å². The van der Waals surface area contributed by atoms with Gasteiger partial charge in [-0.25, -0.2) is 0 Å². The molecule has 0 amide bonds. The van der Waals surface area contributed by atoms with E-state index in [1.807, 2.05) is 0 Å².